The van der Waals surface area contributed by atoms with Crippen LogP contribution >= 0.6 is 0 Å². The summed E-state index contributed by atoms with van der Waals surface area (Å²) in [5, 5.41) is 23.6. The lowest BCUT2D eigenvalue weighted by Crippen LogP contribution is -2.21. The molecule has 1 aliphatic heterocycles. The van der Waals surface area contributed by atoms with Gasteiger partial charge in [-0.3, -0.25) is 9.08 Å². The van der Waals surface area contributed by atoms with Crippen LogP contribution in [0.3, 0.4) is 0 Å². The van der Waals surface area contributed by atoms with Crippen molar-refractivity contribution in [3.05, 3.63) is 48.0 Å². The number of aliphatic hydroxyl groups is 1. The Bertz CT molecular complexity index is 921. The summed E-state index contributed by atoms with van der Waals surface area (Å²) in [6.45, 7) is 1.50. The maximum absolute atomic E-state index is 9.79. The summed E-state index contributed by atoms with van der Waals surface area (Å²) in [7, 11) is 1.89. The number of aryl methyl sites for hydroxylation is 1. The molecule has 122 valence electrons. The van der Waals surface area contributed by atoms with Crippen molar-refractivity contribution in [2.45, 2.75) is 5.92 Å². The molecule has 0 bridgehead atoms. The average Bonchev–Trinajstić information content (AvgIpc) is 3.29. The van der Waals surface area contributed by atoms with Crippen LogP contribution in [0.2, 0.25) is 0 Å². The van der Waals surface area contributed by atoms with E-state index in [1.54, 1.807) is 9.08 Å². The third-order valence-corrected chi connectivity index (χ3v) is 4.75. The van der Waals surface area contributed by atoms with Crippen molar-refractivity contribution in [2.24, 2.45) is 13.0 Å². The minimum atomic E-state index is 0.102. The van der Waals surface area contributed by atoms with E-state index in [1.807, 2.05) is 43.8 Å². The zero-order chi connectivity index (χ0) is 16.7. The largest absolute Gasteiger partial charge is 0.396 e. The molecular weight excluding hydrogens is 304 g/mol. The zero-order valence-electron chi connectivity index (χ0n) is 13.4. The number of rotatable bonds is 3. The van der Waals surface area contributed by atoms with E-state index >= 15 is 0 Å². The van der Waals surface area contributed by atoms with Gasteiger partial charge in [-0.15, -0.1) is 0 Å². The molecule has 7 nitrogen and oxygen atoms in total. The molecule has 0 radical (unpaired) electrons. The number of aromatic nitrogens is 4. The van der Waals surface area contributed by atoms with E-state index < -0.39 is 0 Å². The van der Waals surface area contributed by atoms with Crippen LogP contribution in [0.25, 0.3) is 5.65 Å². The molecular formula is C17H18N6O. The normalized spacial score (nSPS) is 20.6. The number of aliphatic hydroxyl groups excluding tert-OH is 1. The van der Waals surface area contributed by atoms with E-state index in [0.717, 1.165) is 17.8 Å². The lowest BCUT2D eigenvalue weighted by molar-refractivity contribution is 0.227. The molecule has 1 fully saturated rings. The van der Waals surface area contributed by atoms with Crippen molar-refractivity contribution in [3.8, 4) is 6.07 Å². The summed E-state index contributed by atoms with van der Waals surface area (Å²) in [6.07, 6.45) is 5.69. The van der Waals surface area contributed by atoms with Crippen molar-refractivity contribution in [2.75, 3.05) is 24.6 Å². The molecule has 0 saturated carbocycles. The van der Waals surface area contributed by atoms with Crippen LogP contribution in [0, 0.1) is 17.2 Å². The summed E-state index contributed by atoms with van der Waals surface area (Å²) in [5.41, 5.74) is 2.41. The minimum Gasteiger partial charge on any atom is -0.396 e. The van der Waals surface area contributed by atoms with Gasteiger partial charge in [0.05, 0.1) is 6.20 Å². The van der Waals surface area contributed by atoms with Gasteiger partial charge in [0.25, 0.3) is 0 Å². The van der Waals surface area contributed by atoms with Crippen LogP contribution in [0.1, 0.15) is 17.2 Å². The van der Waals surface area contributed by atoms with Crippen molar-refractivity contribution in [1.29, 1.82) is 5.26 Å². The Morgan fingerprint density at radius 3 is 2.96 bits per heavy atom. The zero-order valence-corrected chi connectivity index (χ0v) is 13.4. The molecule has 1 aliphatic rings. The molecule has 2 atom stereocenters. The van der Waals surface area contributed by atoms with Crippen molar-refractivity contribution < 1.29 is 5.11 Å². The molecule has 0 aliphatic carbocycles. The maximum Gasteiger partial charge on any atom is 0.169 e. The fraction of sp³-hybridized carbons (Fsp3) is 0.353. The van der Waals surface area contributed by atoms with Crippen LogP contribution in [0.4, 0.5) is 5.82 Å². The Kier molecular flexibility index (Phi) is 3.47. The van der Waals surface area contributed by atoms with E-state index in [2.05, 4.69) is 21.1 Å². The summed E-state index contributed by atoms with van der Waals surface area (Å²) < 4.78 is 3.58. The van der Waals surface area contributed by atoms with E-state index in [0.29, 0.717) is 18.1 Å². The van der Waals surface area contributed by atoms with Crippen LogP contribution < -0.4 is 4.90 Å². The van der Waals surface area contributed by atoms with Gasteiger partial charge in [-0.25, -0.2) is 4.98 Å². The lowest BCUT2D eigenvalue weighted by Gasteiger charge is -2.15. The first-order valence-corrected chi connectivity index (χ1v) is 7.92. The fourth-order valence-corrected chi connectivity index (χ4v) is 3.55. The second-order valence-electron chi connectivity index (χ2n) is 6.23. The smallest absolute Gasteiger partial charge is 0.169 e. The average molecular weight is 322 g/mol. The standard InChI is InChI=1S/C17H18N6O/c1-21-8-12(7-19-21)14-10-22(9-13(14)11-24)17-15(6-18)23-5-3-2-4-16(23)20-17/h2-5,7-8,13-14,24H,9-11H2,1H3/t13-,14-/m0/s1. The molecule has 0 amide bonds. The van der Waals surface area contributed by atoms with E-state index in [1.165, 1.54) is 0 Å². The number of fused-ring (bicyclic) bond motifs is 1. The van der Waals surface area contributed by atoms with Gasteiger partial charge in [0.15, 0.2) is 11.5 Å². The number of imidazole rings is 1. The van der Waals surface area contributed by atoms with Gasteiger partial charge in [-0.1, -0.05) is 6.07 Å². The molecule has 4 rings (SSSR count). The molecule has 1 N–H and O–H groups in total. The topological polar surface area (TPSA) is 82.4 Å². The van der Waals surface area contributed by atoms with Gasteiger partial charge < -0.3 is 10.0 Å². The summed E-state index contributed by atoms with van der Waals surface area (Å²) in [4.78, 5) is 6.73. The first-order valence-electron chi connectivity index (χ1n) is 7.92. The highest BCUT2D eigenvalue weighted by atomic mass is 16.3. The molecule has 24 heavy (non-hydrogen) atoms. The second kappa shape index (κ2) is 5.65. The predicted molar refractivity (Wildman–Crippen MR) is 88.6 cm³/mol. The van der Waals surface area contributed by atoms with Crippen LogP contribution in [0.15, 0.2) is 36.8 Å². The number of pyridine rings is 1. The summed E-state index contributed by atoms with van der Waals surface area (Å²) in [6, 6.07) is 7.95. The van der Waals surface area contributed by atoms with E-state index in [-0.39, 0.29) is 18.4 Å². The highest BCUT2D eigenvalue weighted by molar-refractivity contribution is 5.61. The highest BCUT2D eigenvalue weighted by Gasteiger charge is 2.36. The van der Waals surface area contributed by atoms with Gasteiger partial charge in [0, 0.05) is 51.0 Å². The Morgan fingerprint density at radius 2 is 2.25 bits per heavy atom. The molecule has 4 heterocycles. The lowest BCUT2D eigenvalue weighted by atomic mass is 9.92. The molecule has 7 heteroatoms. The molecule has 1 saturated heterocycles. The SMILES string of the molecule is Cn1cc([C@@H]2CN(c3nc4ccccn4c3C#N)C[C@H]2CO)cn1. The highest BCUT2D eigenvalue weighted by Crippen LogP contribution is 2.36. The van der Waals surface area contributed by atoms with Gasteiger partial charge in [-0.05, 0) is 17.7 Å². The number of nitriles is 1. The van der Waals surface area contributed by atoms with Gasteiger partial charge >= 0.3 is 0 Å². The Morgan fingerprint density at radius 1 is 1.38 bits per heavy atom. The number of nitrogens with zero attached hydrogens (tertiary/aromatic N) is 6. The Hall–Kier alpha value is -2.85. The van der Waals surface area contributed by atoms with E-state index in [4.69, 9.17) is 0 Å². The maximum atomic E-state index is 9.79. The van der Waals surface area contributed by atoms with Crippen molar-refractivity contribution in [3.63, 3.8) is 0 Å². The van der Waals surface area contributed by atoms with Crippen LogP contribution in [-0.4, -0.2) is 44.0 Å². The van der Waals surface area contributed by atoms with Gasteiger partial charge in [0.1, 0.15) is 11.7 Å². The van der Waals surface area contributed by atoms with Crippen LogP contribution in [-0.2, 0) is 7.05 Å². The van der Waals surface area contributed by atoms with Gasteiger partial charge in [0.2, 0.25) is 0 Å². The Balaban J connectivity index is 1.72. The monoisotopic (exact) mass is 322 g/mol. The predicted octanol–water partition coefficient (Wildman–Crippen LogP) is 1.15. The molecule has 0 unspecified atom stereocenters. The molecule has 0 aromatic carbocycles. The third kappa shape index (κ3) is 2.23. The molecule has 3 aromatic heterocycles. The summed E-state index contributed by atoms with van der Waals surface area (Å²) >= 11 is 0. The number of hydrogen-bond donors (Lipinski definition) is 1. The first-order chi connectivity index (χ1) is 11.7. The van der Waals surface area contributed by atoms with Crippen LogP contribution in [0.5, 0.6) is 0 Å². The van der Waals surface area contributed by atoms with Gasteiger partial charge in [-0.2, -0.15) is 10.4 Å². The molecule has 3 aromatic rings. The number of hydrogen-bond acceptors (Lipinski definition) is 5. The summed E-state index contributed by atoms with van der Waals surface area (Å²) in [5.74, 6) is 0.971. The Labute approximate surface area is 139 Å². The molecule has 0 spiro atoms. The van der Waals surface area contributed by atoms with Crippen molar-refractivity contribution in [1.82, 2.24) is 19.2 Å². The fourth-order valence-electron chi connectivity index (χ4n) is 3.55. The minimum absolute atomic E-state index is 0.102. The van der Waals surface area contributed by atoms with E-state index in [9.17, 15) is 10.4 Å². The second-order valence-corrected chi connectivity index (χ2v) is 6.23. The van der Waals surface area contributed by atoms with Crippen molar-refractivity contribution >= 4 is 11.5 Å². The first kappa shape index (κ1) is 14.7. The quantitative estimate of drug-likeness (QED) is 0.782. The number of anilines is 1. The third-order valence-electron chi connectivity index (χ3n) is 4.75.